The van der Waals surface area contributed by atoms with Crippen molar-refractivity contribution in [2.75, 3.05) is 0 Å². The van der Waals surface area contributed by atoms with Crippen LogP contribution in [0.15, 0.2) is 24.3 Å². The molecular formula is C11H16ClN. The van der Waals surface area contributed by atoms with Crippen LogP contribution in [0.25, 0.3) is 0 Å². The Labute approximate surface area is 84.9 Å². The molecule has 1 unspecified atom stereocenters. The van der Waals surface area contributed by atoms with Crippen LogP contribution >= 0.6 is 11.6 Å². The highest BCUT2D eigenvalue weighted by Gasteiger charge is 2.03. The van der Waals surface area contributed by atoms with Crippen LogP contribution in [0.1, 0.15) is 37.8 Å². The summed E-state index contributed by atoms with van der Waals surface area (Å²) in [5.74, 6) is 0. The molecule has 0 bridgehead atoms. The van der Waals surface area contributed by atoms with E-state index in [1.165, 1.54) is 18.4 Å². The highest BCUT2D eigenvalue weighted by molar-refractivity contribution is 6.30. The van der Waals surface area contributed by atoms with Crippen LogP contribution in [0.2, 0.25) is 5.02 Å². The Morgan fingerprint density at radius 3 is 2.46 bits per heavy atom. The molecule has 0 fully saturated rings. The van der Waals surface area contributed by atoms with E-state index in [2.05, 4.69) is 6.92 Å². The summed E-state index contributed by atoms with van der Waals surface area (Å²) >= 11 is 5.78. The molecule has 0 saturated heterocycles. The van der Waals surface area contributed by atoms with Crippen molar-refractivity contribution in [1.82, 2.24) is 0 Å². The molecule has 2 N–H and O–H groups in total. The summed E-state index contributed by atoms with van der Waals surface area (Å²) in [6.45, 7) is 2.18. The van der Waals surface area contributed by atoms with Gasteiger partial charge in [-0.1, -0.05) is 43.5 Å². The summed E-state index contributed by atoms with van der Waals surface area (Å²) in [6.07, 6.45) is 3.43. The van der Waals surface area contributed by atoms with Gasteiger partial charge in [-0.15, -0.1) is 0 Å². The Morgan fingerprint density at radius 1 is 1.31 bits per heavy atom. The lowest BCUT2D eigenvalue weighted by molar-refractivity contribution is 0.603. The maximum Gasteiger partial charge on any atom is 0.0406 e. The van der Waals surface area contributed by atoms with E-state index in [0.717, 1.165) is 11.4 Å². The smallest absolute Gasteiger partial charge is 0.0406 e. The molecule has 0 aromatic heterocycles. The minimum Gasteiger partial charge on any atom is -0.324 e. The van der Waals surface area contributed by atoms with E-state index < -0.39 is 0 Å². The van der Waals surface area contributed by atoms with E-state index in [0.29, 0.717) is 0 Å². The predicted octanol–water partition coefficient (Wildman–Crippen LogP) is 3.53. The van der Waals surface area contributed by atoms with E-state index in [4.69, 9.17) is 17.3 Å². The molecule has 1 atom stereocenters. The van der Waals surface area contributed by atoms with Crippen molar-refractivity contribution in [3.05, 3.63) is 34.9 Å². The fourth-order valence-electron chi connectivity index (χ4n) is 1.30. The summed E-state index contributed by atoms with van der Waals surface area (Å²) < 4.78 is 0. The van der Waals surface area contributed by atoms with Crippen LogP contribution in [0.4, 0.5) is 0 Å². The second-order valence-corrected chi connectivity index (χ2v) is 3.74. The molecule has 0 aliphatic rings. The molecule has 0 saturated carbocycles. The number of rotatable bonds is 4. The Hall–Kier alpha value is -0.530. The number of benzene rings is 1. The van der Waals surface area contributed by atoms with Gasteiger partial charge in [0.1, 0.15) is 0 Å². The highest BCUT2D eigenvalue weighted by atomic mass is 35.5. The topological polar surface area (TPSA) is 26.0 Å². The summed E-state index contributed by atoms with van der Waals surface area (Å²) in [5.41, 5.74) is 7.17. The van der Waals surface area contributed by atoms with E-state index in [1.807, 2.05) is 24.3 Å². The fraction of sp³-hybridized carbons (Fsp3) is 0.455. The second-order valence-electron chi connectivity index (χ2n) is 3.30. The van der Waals surface area contributed by atoms with Gasteiger partial charge in [0, 0.05) is 11.1 Å². The molecule has 0 amide bonds. The maximum absolute atomic E-state index is 5.99. The molecule has 1 nitrogen and oxygen atoms in total. The van der Waals surface area contributed by atoms with Gasteiger partial charge in [0.25, 0.3) is 0 Å². The third-order valence-corrected chi connectivity index (χ3v) is 2.42. The first-order valence-corrected chi connectivity index (χ1v) is 5.13. The highest BCUT2D eigenvalue weighted by Crippen LogP contribution is 2.18. The van der Waals surface area contributed by atoms with Crippen molar-refractivity contribution in [2.45, 2.75) is 32.2 Å². The van der Waals surface area contributed by atoms with Gasteiger partial charge < -0.3 is 5.73 Å². The predicted molar refractivity (Wildman–Crippen MR) is 57.9 cm³/mol. The zero-order valence-corrected chi connectivity index (χ0v) is 8.72. The van der Waals surface area contributed by atoms with E-state index in [9.17, 15) is 0 Å². The van der Waals surface area contributed by atoms with Gasteiger partial charge in [-0.25, -0.2) is 0 Å². The molecule has 2 heteroatoms. The lowest BCUT2D eigenvalue weighted by Gasteiger charge is -2.10. The van der Waals surface area contributed by atoms with Gasteiger partial charge in [-0.3, -0.25) is 0 Å². The van der Waals surface area contributed by atoms with Gasteiger partial charge in [-0.05, 0) is 24.1 Å². The maximum atomic E-state index is 5.99. The molecule has 1 rings (SSSR count). The van der Waals surface area contributed by atoms with Gasteiger partial charge >= 0.3 is 0 Å². The quantitative estimate of drug-likeness (QED) is 0.785. The van der Waals surface area contributed by atoms with Crippen LogP contribution < -0.4 is 5.73 Å². The SMILES string of the molecule is CCCCC(N)c1ccc(Cl)cc1. The molecule has 1 aromatic carbocycles. The van der Waals surface area contributed by atoms with Crippen molar-refractivity contribution < 1.29 is 0 Å². The molecular weight excluding hydrogens is 182 g/mol. The lowest BCUT2D eigenvalue weighted by atomic mass is 10.0. The third-order valence-electron chi connectivity index (χ3n) is 2.17. The second kappa shape index (κ2) is 5.25. The number of unbranched alkanes of at least 4 members (excludes halogenated alkanes) is 1. The molecule has 0 spiro atoms. The normalized spacial score (nSPS) is 12.8. The molecule has 0 radical (unpaired) electrons. The molecule has 0 aliphatic heterocycles. The number of halogens is 1. The lowest BCUT2D eigenvalue weighted by Crippen LogP contribution is -2.09. The average Bonchev–Trinajstić information content (AvgIpc) is 2.15. The van der Waals surface area contributed by atoms with E-state index >= 15 is 0 Å². The minimum atomic E-state index is 0.164. The van der Waals surface area contributed by atoms with Crippen LogP contribution in [0.3, 0.4) is 0 Å². The van der Waals surface area contributed by atoms with Crippen molar-refractivity contribution in [3.8, 4) is 0 Å². The first kappa shape index (κ1) is 10.6. The van der Waals surface area contributed by atoms with Gasteiger partial charge in [0.2, 0.25) is 0 Å². The molecule has 13 heavy (non-hydrogen) atoms. The van der Waals surface area contributed by atoms with Crippen molar-refractivity contribution >= 4 is 11.6 Å². The van der Waals surface area contributed by atoms with Crippen LogP contribution in [-0.4, -0.2) is 0 Å². The average molecular weight is 198 g/mol. The van der Waals surface area contributed by atoms with Crippen LogP contribution in [0.5, 0.6) is 0 Å². The van der Waals surface area contributed by atoms with Crippen molar-refractivity contribution in [3.63, 3.8) is 0 Å². The number of hydrogen-bond donors (Lipinski definition) is 1. The summed E-state index contributed by atoms with van der Waals surface area (Å²) in [7, 11) is 0. The zero-order valence-electron chi connectivity index (χ0n) is 7.96. The molecule has 1 aromatic rings. The Kier molecular flexibility index (Phi) is 4.26. The first-order valence-electron chi connectivity index (χ1n) is 4.75. The summed E-state index contributed by atoms with van der Waals surface area (Å²) in [5, 5.41) is 0.770. The molecule has 0 heterocycles. The summed E-state index contributed by atoms with van der Waals surface area (Å²) in [6, 6.07) is 7.95. The largest absolute Gasteiger partial charge is 0.324 e. The minimum absolute atomic E-state index is 0.164. The summed E-state index contributed by atoms with van der Waals surface area (Å²) in [4.78, 5) is 0. The number of nitrogens with two attached hydrogens (primary N) is 1. The molecule has 72 valence electrons. The van der Waals surface area contributed by atoms with Crippen LogP contribution in [0, 0.1) is 0 Å². The number of hydrogen-bond acceptors (Lipinski definition) is 1. The standard InChI is InChI=1S/C11H16ClN/c1-2-3-4-11(13)9-5-7-10(12)8-6-9/h5-8,11H,2-4,13H2,1H3. The van der Waals surface area contributed by atoms with E-state index in [-0.39, 0.29) is 6.04 Å². The Balaban J connectivity index is 2.55. The van der Waals surface area contributed by atoms with Crippen LogP contribution in [-0.2, 0) is 0 Å². The van der Waals surface area contributed by atoms with Crippen molar-refractivity contribution in [1.29, 1.82) is 0 Å². The van der Waals surface area contributed by atoms with Gasteiger partial charge in [-0.2, -0.15) is 0 Å². The first-order chi connectivity index (χ1) is 6.24. The van der Waals surface area contributed by atoms with Gasteiger partial charge in [0.15, 0.2) is 0 Å². The van der Waals surface area contributed by atoms with Gasteiger partial charge in [0.05, 0.1) is 0 Å². The zero-order chi connectivity index (χ0) is 9.68. The fourth-order valence-corrected chi connectivity index (χ4v) is 1.43. The van der Waals surface area contributed by atoms with Crippen molar-refractivity contribution in [2.24, 2.45) is 5.73 Å². The Bertz CT molecular complexity index is 243. The van der Waals surface area contributed by atoms with E-state index in [1.54, 1.807) is 0 Å². The molecule has 0 aliphatic carbocycles. The Morgan fingerprint density at radius 2 is 1.92 bits per heavy atom. The monoisotopic (exact) mass is 197 g/mol. The third kappa shape index (κ3) is 3.37.